The van der Waals surface area contributed by atoms with E-state index in [-0.39, 0.29) is 0 Å². The van der Waals surface area contributed by atoms with Crippen LogP contribution in [-0.2, 0) is 0 Å². The zero-order chi connectivity index (χ0) is 17.6. The molecule has 0 bridgehead atoms. The normalized spacial score (nSPS) is 10.6. The van der Waals surface area contributed by atoms with Gasteiger partial charge in [-0.2, -0.15) is 0 Å². The summed E-state index contributed by atoms with van der Waals surface area (Å²) in [4.78, 5) is 16.5. The zero-order valence-electron chi connectivity index (χ0n) is 13.9. The number of aromatic nitrogens is 1. The summed E-state index contributed by atoms with van der Waals surface area (Å²) in [5.41, 5.74) is 1.82. The molecule has 128 valence electrons. The lowest BCUT2D eigenvalue weighted by atomic mass is 10.1. The summed E-state index contributed by atoms with van der Waals surface area (Å²) in [7, 11) is 0. The minimum atomic E-state index is -0.415. The average Bonchev–Trinajstić information content (AvgIpc) is 2.62. The number of nitrogens with zero attached hydrogens (tertiary/aromatic N) is 1. The fourth-order valence-electron chi connectivity index (χ4n) is 2.35. The van der Waals surface area contributed by atoms with E-state index in [4.69, 9.17) is 9.15 Å². The van der Waals surface area contributed by atoms with Gasteiger partial charge in [0, 0.05) is 14.7 Å². The highest BCUT2D eigenvalue weighted by molar-refractivity contribution is 14.1. The Morgan fingerprint density at radius 1 is 1.08 bits per heavy atom. The van der Waals surface area contributed by atoms with Crippen molar-refractivity contribution in [1.29, 1.82) is 0 Å². The number of rotatable bonds is 6. The quantitative estimate of drug-likeness (QED) is 0.387. The van der Waals surface area contributed by atoms with Crippen LogP contribution in [0.25, 0.3) is 22.7 Å². The Bertz CT molecular complexity index is 903. The molecule has 0 saturated heterocycles. The number of hydrogen-bond donors (Lipinski definition) is 0. The van der Waals surface area contributed by atoms with Gasteiger partial charge in [0.15, 0.2) is 0 Å². The SMILES string of the molecule is CCCCOc1ccc(-c2nc(-c3cccc(I)c3)cc(=O)o2)cc1. The fraction of sp³-hybridized carbons (Fsp3) is 0.200. The van der Waals surface area contributed by atoms with Gasteiger partial charge in [-0.05, 0) is 65.4 Å². The molecule has 0 aliphatic rings. The highest BCUT2D eigenvalue weighted by Crippen LogP contribution is 2.24. The molecule has 3 rings (SSSR count). The molecule has 2 aromatic carbocycles. The molecular weight excluding hydrogens is 429 g/mol. The van der Waals surface area contributed by atoms with Crippen LogP contribution in [0, 0.1) is 3.57 Å². The monoisotopic (exact) mass is 447 g/mol. The van der Waals surface area contributed by atoms with E-state index in [1.807, 2.05) is 48.5 Å². The first-order valence-electron chi connectivity index (χ1n) is 8.17. The lowest BCUT2D eigenvalue weighted by Crippen LogP contribution is -2.02. The highest BCUT2D eigenvalue weighted by atomic mass is 127. The second kappa shape index (κ2) is 8.29. The number of hydrogen-bond acceptors (Lipinski definition) is 4. The van der Waals surface area contributed by atoms with Crippen molar-refractivity contribution < 1.29 is 9.15 Å². The van der Waals surface area contributed by atoms with Crippen LogP contribution in [0.4, 0.5) is 0 Å². The summed E-state index contributed by atoms with van der Waals surface area (Å²) >= 11 is 2.24. The van der Waals surface area contributed by atoms with Crippen molar-refractivity contribution in [1.82, 2.24) is 4.98 Å². The largest absolute Gasteiger partial charge is 0.494 e. The first kappa shape index (κ1) is 17.7. The summed E-state index contributed by atoms with van der Waals surface area (Å²) in [5, 5.41) is 0. The molecule has 3 aromatic rings. The Morgan fingerprint density at radius 3 is 2.60 bits per heavy atom. The molecule has 0 radical (unpaired) electrons. The van der Waals surface area contributed by atoms with Crippen molar-refractivity contribution >= 4 is 22.6 Å². The Morgan fingerprint density at radius 2 is 1.88 bits per heavy atom. The Kier molecular flexibility index (Phi) is 5.86. The minimum absolute atomic E-state index is 0.307. The van der Waals surface area contributed by atoms with E-state index in [0.717, 1.165) is 33.3 Å². The number of halogens is 1. The molecule has 0 spiro atoms. The maximum absolute atomic E-state index is 12.0. The smallest absolute Gasteiger partial charge is 0.339 e. The van der Waals surface area contributed by atoms with Gasteiger partial charge in [0.05, 0.1) is 18.4 Å². The van der Waals surface area contributed by atoms with Crippen LogP contribution in [-0.4, -0.2) is 11.6 Å². The van der Waals surface area contributed by atoms with Gasteiger partial charge in [0.1, 0.15) is 5.75 Å². The number of benzene rings is 2. The Hall–Kier alpha value is -2.15. The fourth-order valence-corrected chi connectivity index (χ4v) is 2.89. The molecule has 5 heteroatoms. The molecule has 0 fully saturated rings. The van der Waals surface area contributed by atoms with Crippen LogP contribution in [0.15, 0.2) is 63.8 Å². The zero-order valence-corrected chi connectivity index (χ0v) is 16.0. The maximum Gasteiger partial charge on any atom is 0.339 e. The second-order valence-corrected chi connectivity index (χ2v) is 6.85. The van der Waals surface area contributed by atoms with Crippen LogP contribution in [0.5, 0.6) is 5.75 Å². The first-order valence-corrected chi connectivity index (χ1v) is 9.25. The van der Waals surface area contributed by atoms with Gasteiger partial charge in [-0.25, -0.2) is 9.78 Å². The topological polar surface area (TPSA) is 52.3 Å². The molecule has 0 atom stereocenters. The van der Waals surface area contributed by atoms with Crippen molar-refractivity contribution in [2.45, 2.75) is 19.8 Å². The summed E-state index contributed by atoms with van der Waals surface area (Å²) in [6.45, 7) is 2.83. The Balaban J connectivity index is 1.89. The van der Waals surface area contributed by atoms with E-state index in [0.29, 0.717) is 18.2 Å². The second-order valence-electron chi connectivity index (χ2n) is 5.60. The molecule has 0 aliphatic carbocycles. The third-order valence-corrected chi connectivity index (χ3v) is 4.33. The number of ether oxygens (including phenoxy) is 1. The van der Waals surface area contributed by atoms with Crippen molar-refractivity contribution in [3.05, 3.63) is 68.6 Å². The minimum Gasteiger partial charge on any atom is -0.494 e. The van der Waals surface area contributed by atoms with Gasteiger partial charge in [0.25, 0.3) is 0 Å². The molecule has 0 saturated carbocycles. The van der Waals surface area contributed by atoms with Gasteiger partial charge < -0.3 is 9.15 Å². The van der Waals surface area contributed by atoms with Crippen LogP contribution in [0.3, 0.4) is 0 Å². The van der Waals surface area contributed by atoms with Gasteiger partial charge >= 0.3 is 5.63 Å². The first-order chi connectivity index (χ1) is 12.2. The van der Waals surface area contributed by atoms with Crippen LogP contribution in [0.1, 0.15) is 19.8 Å². The van der Waals surface area contributed by atoms with E-state index < -0.39 is 5.63 Å². The predicted molar refractivity (Wildman–Crippen MR) is 107 cm³/mol. The maximum atomic E-state index is 12.0. The van der Waals surface area contributed by atoms with Crippen LogP contribution >= 0.6 is 22.6 Å². The van der Waals surface area contributed by atoms with Crippen molar-refractivity contribution in [3.8, 4) is 28.5 Å². The number of unbranched alkanes of at least 4 members (excludes halogenated alkanes) is 1. The average molecular weight is 447 g/mol. The summed E-state index contributed by atoms with van der Waals surface area (Å²) in [6, 6.07) is 16.7. The van der Waals surface area contributed by atoms with Gasteiger partial charge in [-0.15, -0.1) is 0 Å². The molecule has 1 aromatic heterocycles. The third-order valence-electron chi connectivity index (χ3n) is 3.66. The standard InChI is InChI=1S/C20H18INO3/c1-2-3-11-24-17-9-7-14(8-10-17)20-22-18(13-19(23)25-20)15-5-4-6-16(21)12-15/h4-10,12-13H,2-3,11H2,1H3. The van der Waals surface area contributed by atoms with E-state index in [1.54, 1.807) is 0 Å². The molecule has 1 heterocycles. The molecular formula is C20H18INO3. The van der Waals surface area contributed by atoms with Crippen molar-refractivity contribution in [2.24, 2.45) is 0 Å². The third kappa shape index (κ3) is 4.69. The van der Waals surface area contributed by atoms with E-state index in [1.165, 1.54) is 6.07 Å². The molecule has 0 unspecified atom stereocenters. The summed E-state index contributed by atoms with van der Waals surface area (Å²) in [5.74, 6) is 1.11. The molecule has 0 N–H and O–H groups in total. The highest BCUT2D eigenvalue weighted by Gasteiger charge is 2.09. The lowest BCUT2D eigenvalue weighted by molar-refractivity contribution is 0.309. The predicted octanol–water partition coefficient (Wildman–Crippen LogP) is 5.15. The molecule has 0 amide bonds. The van der Waals surface area contributed by atoms with Gasteiger partial charge in [0.2, 0.25) is 5.89 Å². The molecule has 25 heavy (non-hydrogen) atoms. The van der Waals surface area contributed by atoms with E-state index >= 15 is 0 Å². The van der Waals surface area contributed by atoms with Gasteiger partial charge in [-0.3, -0.25) is 0 Å². The van der Waals surface area contributed by atoms with E-state index in [2.05, 4.69) is 34.5 Å². The van der Waals surface area contributed by atoms with Crippen LogP contribution in [0.2, 0.25) is 0 Å². The van der Waals surface area contributed by atoms with Crippen molar-refractivity contribution in [3.63, 3.8) is 0 Å². The molecule has 4 nitrogen and oxygen atoms in total. The lowest BCUT2D eigenvalue weighted by Gasteiger charge is -2.07. The summed E-state index contributed by atoms with van der Waals surface area (Å²) < 4.78 is 12.0. The van der Waals surface area contributed by atoms with Crippen LogP contribution < -0.4 is 10.4 Å². The molecule has 0 aliphatic heterocycles. The summed E-state index contributed by atoms with van der Waals surface area (Å²) in [6.07, 6.45) is 2.12. The van der Waals surface area contributed by atoms with Gasteiger partial charge in [-0.1, -0.05) is 25.5 Å². The van der Waals surface area contributed by atoms with Crippen molar-refractivity contribution in [2.75, 3.05) is 6.61 Å². The van der Waals surface area contributed by atoms with E-state index in [9.17, 15) is 4.79 Å². The Labute approximate surface area is 160 Å².